The van der Waals surface area contributed by atoms with Gasteiger partial charge in [0.2, 0.25) is 0 Å². The molecule has 0 bridgehead atoms. The molecule has 0 unspecified atom stereocenters. The molecular weight excluding hydrogens is 413 g/mol. The Morgan fingerprint density at radius 3 is 2.35 bits per heavy atom. The number of aliphatic carboxylic acids is 1. The van der Waals surface area contributed by atoms with Crippen molar-refractivity contribution in [2.75, 3.05) is 26.7 Å². The molecule has 0 atom stereocenters. The van der Waals surface area contributed by atoms with Crippen LogP contribution in [0.5, 0.6) is 0 Å². The predicted octanol–water partition coefficient (Wildman–Crippen LogP) is 2.73. The summed E-state index contributed by atoms with van der Waals surface area (Å²) in [6.45, 7) is 3.57. The first-order valence-corrected chi connectivity index (χ1v) is 9.75. The van der Waals surface area contributed by atoms with Crippen LogP contribution < -0.4 is 0 Å². The number of carboxylic acids is 1. The number of benzene rings is 1. The summed E-state index contributed by atoms with van der Waals surface area (Å²) in [6.07, 6.45) is 1.83. The van der Waals surface area contributed by atoms with Gasteiger partial charge in [0.05, 0.1) is 6.20 Å². The van der Waals surface area contributed by atoms with Crippen molar-refractivity contribution in [1.29, 1.82) is 0 Å². The van der Waals surface area contributed by atoms with E-state index in [1.807, 2.05) is 4.90 Å². The molecule has 0 aliphatic carbocycles. The fourth-order valence-electron chi connectivity index (χ4n) is 4.08. The number of carbonyl (C=O) groups excluding carboxylic acids is 1. The molecule has 1 N–H and O–H groups in total. The van der Waals surface area contributed by atoms with E-state index in [2.05, 4.69) is 46.2 Å². The quantitative estimate of drug-likeness (QED) is 0.740. The number of likely N-dealkylation sites (tertiary alicyclic amines) is 1. The van der Waals surface area contributed by atoms with Crippen LogP contribution in [0.15, 0.2) is 42.9 Å². The molecule has 10 heteroatoms. The zero-order valence-corrected chi connectivity index (χ0v) is 17.0. The van der Waals surface area contributed by atoms with Crippen molar-refractivity contribution in [3.05, 3.63) is 59.7 Å². The molecule has 2 aliphatic heterocycles. The molecule has 166 valence electrons. The van der Waals surface area contributed by atoms with Gasteiger partial charge in [0.25, 0.3) is 5.91 Å². The van der Waals surface area contributed by atoms with Gasteiger partial charge in [-0.25, -0.2) is 9.78 Å². The lowest BCUT2D eigenvalue weighted by Crippen LogP contribution is -2.52. The SMILES string of the molecule is CN1CCC2(CC1)CN(C(=O)c1cnccn1)Cc1ccccc12.O=C(O)C(F)(F)F. The van der Waals surface area contributed by atoms with Crippen LogP contribution in [0.2, 0.25) is 0 Å². The average Bonchev–Trinajstić information content (AvgIpc) is 2.76. The van der Waals surface area contributed by atoms with Crippen molar-refractivity contribution >= 4 is 11.9 Å². The maximum Gasteiger partial charge on any atom is 0.490 e. The molecule has 0 saturated carbocycles. The van der Waals surface area contributed by atoms with Crippen molar-refractivity contribution in [2.45, 2.75) is 31.0 Å². The summed E-state index contributed by atoms with van der Waals surface area (Å²) in [5.41, 5.74) is 3.20. The van der Waals surface area contributed by atoms with Gasteiger partial charge in [0.15, 0.2) is 0 Å². The van der Waals surface area contributed by atoms with Gasteiger partial charge < -0.3 is 14.9 Å². The van der Waals surface area contributed by atoms with Gasteiger partial charge in [-0.1, -0.05) is 24.3 Å². The lowest BCUT2D eigenvalue weighted by Gasteiger charge is -2.48. The highest BCUT2D eigenvalue weighted by Gasteiger charge is 2.42. The Kier molecular flexibility index (Phi) is 6.59. The minimum absolute atomic E-state index is 0.0177. The lowest BCUT2D eigenvalue weighted by atomic mass is 9.69. The number of carbonyl (C=O) groups is 2. The lowest BCUT2D eigenvalue weighted by molar-refractivity contribution is -0.192. The van der Waals surface area contributed by atoms with E-state index in [-0.39, 0.29) is 11.3 Å². The van der Waals surface area contributed by atoms with E-state index >= 15 is 0 Å². The van der Waals surface area contributed by atoms with Crippen LogP contribution in [0, 0.1) is 0 Å². The molecule has 1 amide bonds. The molecule has 1 fully saturated rings. The van der Waals surface area contributed by atoms with Crippen LogP contribution in [0.4, 0.5) is 13.2 Å². The van der Waals surface area contributed by atoms with Crippen LogP contribution in [-0.4, -0.2) is 69.6 Å². The van der Waals surface area contributed by atoms with Crippen LogP contribution in [0.3, 0.4) is 0 Å². The van der Waals surface area contributed by atoms with Gasteiger partial charge in [0.1, 0.15) is 5.69 Å². The molecule has 4 rings (SSSR count). The molecule has 2 aliphatic rings. The van der Waals surface area contributed by atoms with Crippen LogP contribution in [0.1, 0.15) is 34.5 Å². The third-order valence-corrected chi connectivity index (χ3v) is 5.70. The van der Waals surface area contributed by atoms with Crippen LogP contribution in [-0.2, 0) is 16.8 Å². The number of halogens is 3. The minimum atomic E-state index is -5.08. The monoisotopic (exact) mass is 436 g/mol. The van der Waals surface area contributed by atoms with E-state index in [9.17, 15) is 18.0 Å². The fraction of sp³-hybridized carbons (Fsp3) is 0.429. The summed E-state index contributed by atoms with van der Waals surface area (Å²) >= 11 is 0. The molecular formula is C21H23F3N4O3. The smallest absolute Gasteiger partial charge is 0.475 e. The number of nitrogens with zero attached hydrogens (tertiary/aromatic N) is 4. The third-order valence-electron chi connectivity index (χ3n) is 5.70. The highest BCUT2D eigenvalue weighted by Crippen LogP contribution is 2.41. The predicted molar refractivity (Wildman–Crippen MR) is 105 cm³/mol. The van der Waals surface area contributed by atoms with Gasteiger partial charge >= 0.3 is 12.1 Å². The largest absolute Gasteiger partial charge is 0.490 e. The van der Waals surface area contributed by atoms with Crippen LogP contribution in [0.25, 0.3) is 0 Å². The molecule has 2 aromatic rings. The Hall–Kier alpha value is -3.01. The second-order valence-electron chi connectivity index (χ2n) is 7.80. The molecule has 1 aromatic heterocycles. The zero-order chi connectivity index (χ0) is 22.6. The molecule has 31 heavy (non-hydrogen) atoms. The normalized spacial score (nSPS) is 18.0. The van der Waals surface area contributed by atoms with Crippen molar-refractivity contribution < 1.29 is 27.9 Å². The molecule has 1 saturated heterocycles. The molecule has 0 radical (unpaired) electrons. The Labute approximate surface area is 177 Å². The topological polar surface area (TPSA) is 86.6 Å². The van der Waals surface area contributed by atoms with E-state index in [0.717, 1.165) is 32.5 Å². The first-order chi connectivity index (χ1) is 14.6. The highest BCUT2D eigenvalue weighted by molar-refractivity contribution is 5.92. The van der Waals surface area contributed by atoms with Crippen molar-refractivity contribution in [1.82, 2.24) is 19.8 Å². The number of hydrogen-bond donors (Lipinski definition) is 1. The van der Waals surface area contributed by atoms with Crippen molar-refractivity contribution in [2.24, 2.45) is 0 Å². The number of hydrogen-bond acceptors (Lipinski definition) is 5. The van der Waals surface area contributed by atoms with E-state index < -0.39 is 12.1 Å². The zero-order valence-electron chi connectivity index (χ0n) is 17.0. The van der Waals surface area contributed by atoms with Gasteiger partial charge in [0, 0.05) is 30.9 Å². The van der Waals surface area contributed by atoms with Gasteiger partial charge in [-0.2, -0.15) is 13.2 Å². The van der Waals surface area contributed by atoms with E-state index in [4.69, 9.17) is 9.90 Å². The minimum Gasteiger partial charge on any atom is -0.475 e. The molecule has 7 nitrogen and oxygen atoms in total. The van der Waals surface area contributed by atoms with Gasteiger partial charge in [-0.05, 0) is 44.1 Å². The Bertz CT molecular complexity index is 929. The Balaban J connectivity index is 0.000000339. The summed E-state index contributed by atoms with van der Waals surface area (Å²) < 4.78 is 31.7. The summed E-state index contributed by atoms with van der Waals surface area (Å²) in [7, 11) is 2.17. The number of carboxylic acid groups (broad SMARTS) is 1. The first-order valence-electron chi connectivity index (χ1n) is 9.75. The van der Waals surface area contributed by atoms with Crippen LogP contribution >= 0.6 is 0 Å². The summed E-state index contributed by atoms with van der Waals surface area (Å²) in [5, 5.41) is 7.12. The average molecular weight is 436 g/mol. The number of amides is 1. The molecule has 1 spiro atoms. The summed E-state index contributed by atoms with van der Waals surface area (Å²) in [4.78, 5) is 34.4. The Morgan fingerprint density at radius 2 is 1.77 bits per heavy atom. The third kappa shape index (κ3) is 5.19. The second-order valence-corrected chi connectivity index (χ2v) is 7.80. The van der Waals surface area contributed by atoms with Crippen molar-refractivity contribution in [3.8, 4) is 0 Å². The number of aromatic nitrogens is 2. The molecule has 3 heterocycles. The van der Waals surface area contributed by atoms with Crippen molar-refractivity contribution in [3.63, 3.8) is 0 Å². The number of alkyl halides is 3. The van der Waals surface area contributed by atoms with Gasteiger partial charge in [-0.3, -0.25) is 9.78 Å². The summed E-state index contributed by atoms with van der Waals surface area (Å²) in [6, 6.07) is 8.60. The first kappa shape index (κ1) is 22.7. The maximum absolute atomic E-state index is 12.9. The summed E-state index contributed by atoms with van der Waals surface area (Å²) in [5.74, 6) is -2.77. The highest BCUT2D eigenvalue weighted by atomic mass is 19.4. The van der Waals surface area contributed by atoms with E-state index in [0.29, 0.717) is 12.2 Å². The maximum atomic E-state index is 12.9. The molecule has 1 aromatic carbocycles. The van der Waals surface area contributed by atoms with E-state index in [1.54, 1.807) is 18.6 Å². The number of piperidine rings is 1. The Morgan fingerprint density at radius 1 is 1.13 bits per heavy atom. The van der Waals surface area contributed by atoms with Gasteiger partial charge in [-0.15, -0.1) is 0 Å². The number of rotatable bonds is 1. The number of fused-ring (bicyclic) bond motifs is 2. The van der Waals surface area contributed by atoms with E-state index in [1.165, 1.54) is 11.1 Å². The standard InChI is InChI=1S/C19H22N4O.C2HF3O2/c1-22-10-6-19(7-11-22)14-23(13-15-4-2-3-5-16(15)19)18(24)17-12-20-8-9-21-17;3-2(4,5)1(6)7/h2-5,8-9,12H,6-7,10-11,13-14H2,1H3;(H,6,7). The fourth-order valence-corrected chi connectivity index (χ4v) is 4.08. The second kappa shape index (κ2) is 9.01.